The molecule has 0 atom stereocenters. The average Bonchev–Trinajstić information content (AvgIpc) is 2.38. The molecule has 1 heterocycles. The van der Waals surface area contributed by atoms with E-state index in [1.165, 1.54) is 16.4 Å². The second kappa shape index (κ2) is 6.31. The minimum atomic E-state index is -3.27. The van der Waals surface area contributed by atoms with E-state index in [0.717, 1.165) is 0 Å². The molecule has 1 aromatic carbocycles. The highest BCUT2D eigenvalue weighted by Crippen LogP contribution is 2.12. The van der Waals surface area contributed by atoms with Crippen molar-refractivity contribution >= 4 is 10.0 Å². The Balaban J connectivity index is 1.73. The Morgan fingerprint density at radius 1 is 1.32 bits per heavy atom. The second-order valence-corrected chi connectivity index (χ2v) is 6.11. The molecule has 0 aliphatic carbocycles. The summed E-state index contributed by atoms with van der Waals surface area (Å²) in [7, 11) is -3.27. The summed E-state index contributed by atoms with van der Waals surface area (Å²) in [6.45, 7) is 1.61. The van der Waals surface area contributed by atoms with E-state index in [1.807, 2.05) is 0 Å². The molecule has 106 valence electrons. The smallest absolute Gasteiger partial charge is 0.238 e. The van der Waals surface area contributed by atoms with Crippen molar-refractivity contribution in [2.75, 3.05) is 32.2 Å². The lowest BCUT2D eigenvalue weighted by Crippen LogP contribution is -2.42. The molecule has 0 unspecified atom stereocenters. The van der Waals surface area contributed by atoms with Crippen molar-refractivity contribution < 1.29 is 22.3 Å². The van der Waals surface area contributed by atoms with Crippen LogP contribution >= 0.6 is 0 Å². The Kier molecular flexibility index (Phi) is 4.73. The van der Waals surface area contributed by atoms with Gasteiger partial charge < -0.3 is 9.47 Å². The van der Waals surface area contributed by atoms with Gasteiger partial charge in [-0.2, -0.15) is 4.31 Å². The lowest BCUT2D eigenvalue weighted by atomic mass is 10.3. The number of sulfonamides is 1. The number of rotatable bonds is 5. The monoisotopic (exact) mass is 289 g/mol. The molecular formula is C12H16FNO4S. The number of halogens is 1. The lowest BCUT2D eigenvalue weighted by molar-refractivity contribution is 0.130. The topological polar surface area (TPSA) is 55.8 Å². The molecular weight excluding hydrogens is 273 g/mol. The van der Waals surface area contributed by atoms with Crippen LogP contribution in [0.2, 0.25) is 0 Å². The standard InChI is InChI=1S/C12H16FNO4S/c13-11-2-4-12(5-3-11)18-8-1-6-14-7-9-17-10-19(14,15)16/h2-5H,1,6-10H2. The summed E-state index contributed by atoms with van der Waals surface area (Å²) in [5, 5.41) is 0. The molecule has 1 aliphatic rings. The molecule has 0 saturated carbocycles. The van der Waals surface area contributed by atoms with Crippen molar-refractivity contribution in [1.82, 2.24) is 4.31 Å². The summed E-state index contributed by atoms with van der Waals surface area (Å²) in [6, 6.07) is 5.73. The van der Waals surface area contributed by atoms with Gasteiger partial charge in [0.1, 0.15) is 11.6 Å². The van der Waals surface area contributed by atoms with Crippen molar-refractivity contribution in [2.24, 2.45) is 0 Å². The van der Waals surface area contributed by atoms with Crippen LogP contribution in [0.5, 0.6) is 5.75 Å². The van der Waals surface area contributed by atoms with Crippen LogP contribution in [0.15, 0.2) is 24.3 Å². The zero-order valence-electron chi connectivity index (χ0n) is 10.4. The van der Waals surface area contributed by atoms with Gasteiger partial charge in [0, 0.05) is 13.1 Å². The van der Waals surface area contributed by atoms with Crippen molar-refractivity contribution in [3.05, 3.63) is 30.1 Å². The van der Waals surface area contributed by atoms with Crippen LogP contribution in [-0.2, 0) is 14.8 Å². The number of hydrogen-bond donors (Lipinski definition) is 0. The molecule has 0 amide bonds. The summed E-state index contributed by atoms with van der Waals surface area (Å²) in [6.07, 6.45) is 0.580. The van der Waals surface area contributed by atoms with Gasteiger partial charge in [-0.05, 0) is 30.7 Å². The maximum Gasteiger partial charge on any atom is 0.238 e. The summed E-state index contributed by atoms with van der Waals surface area (Å²) < 4.78 is 47.6. The first-order valence-corrected chi connectivity index (χ1v) is 7.63. The maximum absolute atomic E-state index is 12.7. The van der Waals surface area contributed by atoms with Crippen LogP contribution in [-0.4, -0.2) is 45.0 Å². The first kappa shape index (κ1) is 14.2. The molecule has 7 heteroatoms. The molecule has 0 bridgehead atoms. The van der Waals surface area contributed by atoms with Crippen molar-refractivity contribution in [3.63, 3.8) is 0 Å². The van der Waals surface area contributed by atoms with E-state index in [1.54, 1.807) is 12.1 Å². The number of nitrogens with zero attached hydrogens (tertiary/aromatic N) is 1. The predicted octanol–water partition coefficient (Wildman–Crippen LogP) is 1.21. The van der Waals surface area contributed by atoms with Crippen LogP contribution in [0.4, 0.5) is 4.39 Å². The summed E-state index contributed by atoms with van der Waals surface area (Å²) in [5.74, 6) is 0.0178. The minimum absolute atomic E-state index is 0.244. The normalized spacial score (nSPS) is 19.2. The molecule has 0 aromatic heterocycles. The molecule has 1 saturated heterocycles. The van der Waals surface area contributed by atoms with E-state index in [-0.39, 0.29) is 11.8 Å². The number of benzene rings is 1. The Morgan fingerprint density at radius 2 is 2.05 bits per heavy atom. The molecule has 1 fully saturated rings. The van der Waals surface area contributed by atoms with Gasteiger partial charge in [0.05, 0.1) is 13.2 Å². The van der Waals surface area contributed by atoms with Gasteiger partial charge >= 0.3 is 0 Å². The fraction of sp³-hybridized carbons (Fsp3) is 0.500. The van der Waals surface area contributed by atoms with E-state index in [0.29, 0.717) is 38.5 Å². The van der Waals surface area contributed by atoms with E-state index in [4.69, 9.17) is 9.47 Å². The van der Waals surface area contributed by atoms with Gasteiger partial charge in [0.2, 0.25) is 10.0 Å². The van der Waals surface area contributed by atoms with Gasteiger partial charge in [-0.1, -0.05) is 0 Å². The zero-order valence-corrected chi connectivity index (χ0v) is 11.2. The van der Waals surface area contributed by atoms with Crippen molar-refractivity contribution in [1.29, 1.82) is 0 Å². The van der Waals surface area contributed by atoms with Gasteiger partial charge in [-0.3, -0.25) is 0 Å². The molecule has 5 nitrogen and oxygen atoms in total. The van der Waals surface area contributed by atoms with Crippen molar-refractivity contribution in [3.8, 4) is 5.75 Å². The molecule has 0 spiro atoms. The second-order valence-electron chi connectivity index (χ2n) is 4.19. The first-order valence-electron chi connectivity index (χ1n) is 6.02. The number of ether oxygens (including phenoxy) is 2. The highest BCUT2D eigenvalue weighted by molar-refractivity contribution is 7.88. The first-order chi connectivity index (χ1) is 9.08. The third-order valence-corrected chi connectivity index (χ3v) is 4.36. The molecule has 0 radical (unpaired) electrons. The summed E-state index contributed by atoms with van der Waals surface area (Å²) in [5.41, 5.74) is 0. The van der Waals surface area contributed by atoms with Gasteiger partial charge in [-0.15, -0.1) is 0 Å². The lowest BCUT2D eigenvalue weighted by Gasteiger charge is -2.26. The van der Waals surface area contributed by atoms with Gasteiger partial charge in [0.15, 0.2) is 5.94 Å². The molecule has 1 aliphatic heterocycles. The SMILES string of the molecule is O=S1(=O)COCCN1CCCOc1ccc(F)cc1. The molecule has 0 N–H and O–H groups in total. The highest BCUT2D eigenvalue weighted by atomic mass is 32.2. The zero-order chi connectivity index (χ0) is 13.7. The molecule has 1 aromatic rings. The fourth-order valence-corrected chi connectivity index (χ4v) is 2.99. The highest BCUT2D eigenvalue weighted by Gasteiger charge is 2.25. The Hall–Kier alpha value is -1.18. The largest absolute Gasteiger partial charge is 0.494 e. The molecule has 2 rings (SSSR count). The van der Waals surface area contributed by atoms with E-state index < -0.39 is 10.0 Å². The maximum atomic E-state index is 12.7. The molecule has 19 heavy (non-hydrogen) atoms. The third kappa shape index (κ3) is 4.15. The predicted molar refractivity (Wildman–Crippen MR) is 67.8 cm³/mol. The van der Waals surface area contributed by atoms with Gasteiger partial charge in [0.25, 0.3) is 0 Å². The third-order valence-electron chi connectivity index (χ3n) is 2.74. The van der Waals surface area contributed by atoms with Crippen LogP contribution in [0.25, 0.3) is 0 Å². The van der Waals surface area contributed by atoms with E-state index in [2.05, 4.69) is 0 Å². The minimum Gasteiger partial charge on any atom is -0.494 e. The Bertz CT molecular complexity index is 503. The van der Waals surface area contributed by atoms with Crippen LogP contribution < -0.4 is 4.74 Å². The summed E-state index contributed by atoms with van der Waals surface area (Å²) >= 11 is 0. The fourth-order valence-electron chi connectivity index (χ4n) is 1.76. The van der Waals surface area contributed by atoms with E-state index in [9.17, 15) is 12.8 Å². The van der Waals surface area contributed by atoms with Crippen LogP contribution in [0.3, 0.4) is 0 Å². The average molecular weight is 289 g/mol. The quantitative estimate of drug-likeness (QED) is 0.765. The Morgan fingerprint density at radius 3 is 2.74 bits per heavy atom. The van der Waals surface area contributed by atoms with E-state index >= 15 is 0 Å². The summed E-state index contributed by atoms with van der Waals surface area (Å²) in [4.78, 5) is 0. The van der Waals surface area contributed by atoms with Crippen LogP contribution in [0.1, 0.15) is 6.42 Å². The van der Waals surface area contributed by atoms with Gasteiger partial charge in [-0.25, -0.2) is 12.8 Å². The van der Waals surface area contributed by atoms with Crippen molar-refractivity contribution in [2.45, 2.75) is 6.42 Å². The van der Waals surface area contributed by atoms with Crippen LogP contribution in [0, 0.1) is 5.82 Å². The Labute approximate surface area is 112 Å². The number of hydrogen-bond acceptors (Lipinski definition) is 4.